The monoisotopic (exact) mass is 465 g/mol. The summed E-state index contributed by atoms with van der Waals surface area (Å²) in [4.78, 5) is 53.2. The predicted octanol–water partition coefficient (Wildman–Crippen LogP) is 2.80. The molecule has 1 aromatic carbocycles. The van der Waals surface area contributed by atoms with Crippen LogP contribution in [0.5, 0.6) is 0 Å². The van der Waals surface area contributed by atoms with Crippen molar-refractivity contribution >= 4 is 46.8 Å². The van der Waals surface area contributed by atoms with E-state index < -0.39 is 6.04 Å². The summed E-state index contributed by atoms with van der Waals surface area (Å²) in [6.07, 6.45) is 4.84. The van der Waals surface area contributed by atoms with Crippen molar-refractivity contribution in [3.8, 4) is 0 Å². The predicted molar refractivity (Wildman–Crippen MR) is 117 cm³/mol. The zero-order valence-corrected chi connectivity index (χ0v) is 18.9. The Morgan fingerprint density at radius 3 is 2.19 bits per heavy atom. The molecular formula is C22H25Cl2N3O4. The van der Waals surface area contributed by atoms with Crippen LogP contribution in [-0.2, 0) is 25.7 Å². The van der Waals surface area contributed by atoms with Gasteiger partial charge in [-0.25, -0.2) is 0 Å². The number of likely N-dealkylation sites (tertiary alicyclic amines) is 1. The molecular weight excluding hydrogens is 441 g/mol. The van der Waals surface area contributed by atoms with Gasteiger partial charge in [-0.2, -0.15) is 0 Å². The lowest BCUT2D eigenvalue weighted by Crippen LogP contribution is -2.47. The summed E-state index contributed by atoms with van der Waals surface area (Å²) in [5.74, 6) is -1.85. The average molecular weight is 466 g/mol. The SMILES string of the molecule is CNC(=O)[C@H](C)N(Cc1c(Cl)cccc1Cl)C(=O)CCN1C(=O)[C@H]2CC=CC[C@H]2C1=O. The molecule has 166 valence electrons. The van der Waals surface area contributed by atoms with E-state index in [4.69, 9.17) is 23.2 Å². The van der Waals surface area contributed by atoms with Crippen molar-refractivity contribution in [3.05, 3.63) is 46.0 Å². The second-order valence-electron chi connectivity index (χ2n) is 7.75. The minimum atomic E-state index is -0.790. The van der Waals surface area contributed by atoms with E-state index in [1.807, 2.05) is 12.2 Å². The van der Waals surface area contributed by atoms with Gasteiger partial charge in [-0.05, 0) is 31.9 Å². The number of imide groups is 1. The third-order valence-electron chi connectivity index (χ3n) is 5.95. The molecule has 7 nitrogen and oxygen atoms in total. The third kappa shape index (κ3) is 4.77. The minimum absolute atomic E-state index is 0.0171. The summed E-state index contributed by atoms with van der Waals surface area (Å²) in [5.41, 5.74) is 0.528. The molecule has 4 amide bonds. The first-order valence-corrected chi connectivity index (χ1v) is 11.0. The Bertz CT molecular complexity index is 887. The molecule has 0 aromatic heterocycles. The van der Waals surface area contributed by atoms with Crippen molar-refractivity contribution in [2.24, 2.45) is 11.8 Å². The number of fused-ring (bicyclic) bond motifs is 1. The number of carbonyl (C=O) groups is 4. The standard InChI is InChI=1S/C22H25Cl2N3O4/c1-13(20(29)25-2)27(12-16-17(23)8-5-9-18(16)24)19(28)10-11-26-21(30)14-6-3-4-7-15(14)22(26)31/h3-5,8-9,13-15H,6-7,10-12H2,1-2H3,(H,25,29)/t13-,14-,15+/m0/s1. The number of hydrogen-bond donors (Lipinski definition) is 1. The molecule has 9 heteroatoms. The fraction of sp³-hybridized carbons (Fsp3) is 0.455. The fourth-order valence-corrected chi connectivity index (χ4v) is 4.60. The first-order valence-electron chi connectivity index (χ1n) is 10.2. The molecule has 1 heterocycles. The number of likely N-dealkylation sites (N-methyl/N-ethyl adjacent to an activating group) is 1. The van der Waals surface area contributed by atoms with Crippen LogP contribution in [0.15, 0.2) is 30.4 Å². The van der Waals surface area contributed by atoms with E-state index in [-0.39, 0.29) is 55.0 Å². The molecule has 0 radical (unpaired) electrons. The van der Waals surface area contributed by atoms with Crippen molar-refractivity contribution in [2.75, 3.05) is 13.6 Å². The van der Waals surface area contributed by atoms with E-state index in [0.717, 1.165) is 0 Å². The van der Waals surface area contributed by atoms with Crippen LogP contribution in [0, 0.1) is 11.8 Å². The maximum atomic E-state index is 13.1. The molecule has 1 saturated heterocycles. The van der Waals surface area contributed by atoms with Crippen LogP contribution in [0.3, 0.4) is 0 Å². The summed E-state index contributed by atoms with van der Waals surface area (Å²) in [5, 5.41) is 3.31. The molecule has 2 aliphatic rings. The number of hydrogen-bond acceptors (Lipinski definition) is 4. The summed E-state index contributed by atoms with van der Waals surface area (Å²) < 4.78 is 0. The molecule has 1 aliphatic carbocycles. The molecule has 0 bridgehead atoms. The smallest absolute Gasteiger partial charge is 0.242 e. The molecule has 31 heavy (non-hydrogen) atoms. The van der Waals surface area contributed by atoms with E-state index in [0.29, 0.717) is 28.5 Å². The summed E-state index contributed by atoms with van der Waals surface area (Å²) in [7, 11) is 1.49. The van der Waals surface area contributed by atoms with Crippen LogP contribution in [0.4, 0.5) is 0 Å². The zero-order chi connectivity index (χ0) is 22.7. The topological polar surface area (TPSA) is 86.8 Å². The van der Waals surface area contributed by atoms with Crippen molar-refractivity contribution in [2.45, 2.75) is 38.8 Å². The molecule has 1 N–H and O–H groups in total. The number of halogens is 2. The third-order valence-corrected chi connectivity index (χ3v) is 6.66. The second kappa shape index (κ2) is 9.83. The second-order valence-corrected chi connectivity index (χ2v) is 8.56. The highest BCUT2D eigenvalue weighted by Gasteiger charge is 2.47. The number of amides is 4. The van der Waals surface area contributed by atoms with Gasteiger partial charge < -0.3 is 10.2 Å². The van der Waals surface area contributed by atoms with E-state index in [9.17, 15) is 19.2 Å². The van der Waals surface area contributed by atoms with Gasteiger partial charge in [0.25, 0.3) is 0 Å². The Balaban J connectivity index is 1.75. The van der Waals surface area contributed by atoms with Gasteiger partial charge in [-0.15, -0.1) is 0 Å². The van der Waals surface area contributed by atoms with Gasteiger partial charge in [0.15, 0.2) is 0 Å². The van der Waals surface area contributed by atoms with Crippen molar-refractivity contribution in [1.82, 2.24) is 15.1 Å². The van der Waals surface area contributed by atoms with Crippen molar-refractivity contribution < 1.29 is 19.2 Å². The first kappa shape index (κ1) is 23.3. The molecule has 3 rings (SSSR count). The van der Waals surface area contributed by atoms with Gasteiger partial charge in [-0.1, -0.05) is 41.4 Å². The van der Waals surface area contributed by atoms with Gasteiger partial charge >= 0.3 is 0 Å². The summed E-state index contributed by atoms with van der Waals surface area (Å²) >= 11 is 12.5. The number of rotatable bonds is 7. The zero-order valence-electron chi connectivity index (χ0n) is 17.4. The molecule has 1 aliphatic heterocycles. The highest BCUT2D eigenvalue weighted by Crippen LogP contribution is 2.35. The van der Waals surface area contributed by atoms with Crippen molar-refractivity contribution in [3.63, 3.8) is 0 Å². The lowest BCUT2D eigenvalue weighted by atomic mass is 9.85. The number of carbonyl (C=O) groups excluding carboxylic acids is 4. The van der Waals surface area contributed by atoms with E-state index in [1.54, 1.807) is 25.1 Å². The van der Waals surface area contributed by atoms with Gasteiger partial charge in [-0.3, -0.25) is 24.1 Å². The maximum absolute atomic E-state index is 13.1. The lowest BCUT2D eigenvalue weighted by molar-refractivity contribution is -0.143. The van der Waals surface area contributed by atoms with E-state index in [2.05, 4.69) is 5.32 Å². The van der Waals surface area contributed by atoms with Gasteiger partial charge in [0.1, 0.15) is 6.04 Å². The first-order chi connectivity index (χ1) is 14.8. The minimum Gasteiger partial charge on any atom is -0.357 e. The van der Waals surface area contributed by atoms with Gasteiger partial charge in [0.05, 0.1) is 11.8 Å². The molecule has 3 atom stereocenters. The normalized spacial score (nSPS) is 21.1. The van der Waals surface area contributed by atoms with Gasteiger partial charge in [0, 0.05) is 42.2 Å². The molecule has 0 unspecified atom stereocenters. The van der Waals surface area contributed by atoms with Crippen LogP contribution < -0.4 is 5.32 Å². The van der Waals surface area contributed by atoms with E-state index in [1.165, 1.54) is 16.8 Å². The molecule has 0 spiro atoms. The number of nitrogens with zero attached hydrogens (tertiary/aromatic N) is 2. The maximum Gasteiger partial charge on any atom is 0.242 e. The Labute approximate surface area is 191 Å². The van der Waals surface area contributed by atoms with Crippen molar-refractivity contribution in [1.29, 1.82) is 0 Å². The highest BCUT2D eigenvalue weighted by atomic mass is 35.5. The van der Waals surface area contributed by atoms with E-state index >= 15 is 0 Å². The van der Waals surface area contributed by atoms with Crippen LogP contribution >= 0.6 is 23.2 Å². The Kier molecular flexibility index (Phi) is 7.38. The van der Waals surface area contributed by atoms with Crippen LogP contribution in [0.2, 0.25) is 10.0 Å². The number of allylic oxidation sites excluding steroid dienone is 2. The quantitative estimate of drug-likeness (QED) is 0.495. The van der Waals surface area contributed by atoms with Crippen LogP contribution in [0.25, 0.3) is 0 Å². The molecule has 1 fully saturated rings. The summed E-state index contributed by atoms with van der Waals surface area (Å²) in [6, 6.07) is 4.23. The van der Waals surface area contributed by atoms with Crippen LogP contribution in [-0.4, -0.2) is 53.1 Å². The lowest BCUT2D eigenvalue weighted by Gasteiger charge is -2.29. The van der Waals surface area contributed by atoms with Crippen LogP contribution in [0.1, 0.15) is 31.7 Å². The molecule has 1 aromatic rings. The Morgan fingerprint density at radius 2 is 1.68 bits per heavy atom. The van der Waals surface area contributed by atoms with Gasteiger partial charge in [0.2, 0.25) is 23.6 Å². The average Bonchev–Trinajstić information content (AvgIpc) is 3.01. The number of benzene rings is 1. The highest BCUT2D eigenvalue weighted by molar-refractivity contribution is 6.36. The largest absolute Gasteiger partial charge is 0.357 e. The fourth-order valence-electron chi connectivity index (χ4n) is 4.09. The number of nitrogens with one attached hydrogen (secondary N) is 1. The summed E-state index contributed by atoms with van der Waals surface area (Å²) in [6.45, 7) is 1.62. The Morgan fingerprint density at radius 1 is 1.13 bits per heavy atom. The molecule has 0 saturated carbocycles. The Hall–Kier alpha value is -2.38.